The quantitative estimate of drug-likeness (QED) is 0.288. The van der Waals surface area contributed by atoms with Gasteiger partial charge in [-0.2, -0.15) is 13.2 Å². The second kappa shape index (κ2) is 7.94. The number of nitrogens with one attached hydrogen (secondary N) is 1. The fourth-order valence-electron chi connectivity index (χ4n) is 7.15. The van der Waals surface area contributed by atoms with Crippen LogP contribution in [0.15, 0.2) is 53.6 Å². The topological polar surface area (TPSA) is 73.4 Å². The molecule has 1 saturated heterocycles. The Hall–Kier alpha value is -2.63. The van der Waals surface area contributed by atoms with E-state index in [9.17, 15) is 27.9 Å². The van der Waals surface area contributed by atoms with Gasteiger partial charge in [0.15, 0.2) is 3.95 Å². The molecule has 2 saturated carbocycles. The number of aromatic nitrogens is 1. The van der Waals surface area contributed by atoms with Gasteiger partial charge in [0.2, 0.25) is 11.8 Å². The van der Waals surface area contributed by atoms with Gasteiger partial charge >= 0.3 is 6.18 Å². The summed E-state index contributed by atoms with van der Waals surface area (Å²) in [6.45, 7) is 0. The van der Waals surface area contributed by atoms with Crippen molar-refractivity contribution in [3.05, 3.63) is 68.5 Å². The van der Waals surface area contributed by atoms with Gasteiger partial charge in [-0.15, -0.1) is 23.1 Å². The molecule has 3 aromatic rings. The lowest BCUT2D eigenvalue weighted by molar-refractivity contribution is -0.137. The number of carbonyl (C=O) groups excluding carboxylic acids is 2. The highest BCUT2D eigenvalue weighted by atomic mass is 32.2. The van der Waals surface area contributed by atoms with E-state index in [1.807, 2.05) is 12.1 Å². The van der Waals surface area contributed by atoms with Gasteiger partial charge in [0.05, 0.1) is 28.1 Å². The van der Waals surface area contributed by atoms with Crippen molar-refractivity contribution >= 4 is 52.8 Å². The Morgan fingerprint density at radius 2 is 1.73 bits per heavy atom. The van der Waals surface area contributed by atoms with Crippen LogP contribution in [0, 0.1) is 33.5 Å². The Balaban J connectivity index is 1.30. The van der Waals surface area contributed by atoms with Crippen molar-refractivity contribution in [2.45, 2.75) is 28.8 Å². The first kappa shape index (κ1) is 23.5. The summed E-state index contributed by atoms with van der Waals surface area (Å²) in [6, 6.07) is 11.5. The summed E-state index contributed by atoms with van der Waals surface area (Å²) >= 11 is 8.63. The second-order valence-electron chi connectivity index (χ2n) is 10.1. The van der Waals surface area contributed by atoms with Gasteiger partial charge < -0.3 is 10.1 Å². The number of hydrogen-bond acceptors (Lipinski definition) is 6. The molecule has 3 heterocycles. The number of H-pyrrole nitrogens is 1. The van der Waals surface area contributed by atoms with Gasteiger partial charge in [-0.25, -0.2) is 0 Å². The van der Waals surface area contributed by atoms with E-state index < -0.39 is 35.4 Å². The fourth-order valence-corrected chi connectivity index (χ4v) is 10.5. The number of hydrogen-bond donors (Lipinski definition) is 2. The Morgan fingerprint density at radius 3 is 2.43 bits per heavy atom. The minimum Gasteiger partial charge on any atom is -0.508 e. The van der Waals surface area contributed by atoms with Gasteiger partial charge in [-0.1, -0.05) is 18.2 Å². The predicted octanol–water partition coefficient (Wildman–Crippen LogP) is 6.21. The molecule has 37 heavy (non-hydrogen) atoms. The molecule has 0 spiro atoms. The van der Waals surface area contributed by atoms with E-state index in [-0.39, 0.29) is 40.4 Å². The number of benzene rings is 2. The van der Waals surface area contributed by atoms with Gasteiger partial charge in [0, 0.05) is 16.0 Å². The molecule has 3 fully saturated rings. The van der Waals surface area contributed by atoms with Crippen LogP contribution in [0.25, 0.3) is 0 Å². The number of alkyl halides is 3. The molecule has 2 bridgehead atoms. The molecule has 1 aromatic heterocycles. The van der Waals surface area contributed by atoms with Crippen molar-refractivity contribution in [3.8, 4) is 5.75 Å². The average molecular weight is 561 g/mol. The zero-order chi connectivity index (χ0) is 25.8. The van der Waals surface area contributed by atoms with Crippen molar-refractivity contribution in [1.82, 2.24) is 4.98 Å². The minimum atomic E-state index is -4.57. The van der Waals surface area contributed by atoms with Crippen LogP contribution in [0.2, 0.25) is 0 Å². The summed E-state index contributed by atoms with van der Waals surface area (Å²) in [5, 5.41) is 10.9. The first-order valence-corrected chi connectivity index (χ1v) is 14.0. The van der Waals surface area contributed by atoms with E-state index in [1.165, 1.54) is 23.5 Å². The maximum Gasteiger partial charge on any atom is 0.416 e. The zero-order valence-electron chi connectivity index (χ0n) is 18.9. The van der Waals surface area contributed by atoms with Crippen LogP contribution in [0.3, 0.4) is 0 Å². The third-order valence-corrected chi connectivity index (χ3v) is 11.3. The number of fused-ring (bicyclic) bond motifs is 9. The van der Waals surface area contributed by atoms with Gasteiger partial charge in [0.25, 0.3) is 0 Å². The molecule has 190 valence electrons. The number of anilines is 1. The standard InChI is InChI=1S/C26H19F3N2O3S3/c27-26(28,29)11-2-1-3-12(8-11)31-23(33)18-14-9-15(19(18)24(31)34)20-17(14)16(10-4-6-13(32)7-5-10)21-22(36-20)30-25(35)37-21/h1-8,14-20,32H,9H2,(H,30,35). The van der Waals surface area contributed by atoms with Gasteiger partial charge in [-0.3, -0.25) is 14.5 Å². The number of thiazole rings is 1. The lowest BCUT2D eigenvalue weighted by atomic mass is 9.68. The summed E-state index contributed by atoms with van der Waals surface area (Å²) < 4.78 is 40.7. The molecule has 0 radical (unpaired) electrons. The first-order chi connectivity index (χ1) is 17.6. The molecular weight excluding hydrogens is 541 g/mol. The molecule has 2 aliphatic heterocycles. The monoisotopic (exact) mass is 560 g/mol. The molecule has 2 aliphatic carbocycles. The normalized spacial score (nSPS) is 32.0. The third-order valence-electron chi connectivity index (χ3n) is 8.41. The Bertz CT molecular complexity index is 1520. The van der Waals surface area contributed by atoms with Crippen LogP contribution in [0.1, 0.15) is 28.3 Å². The van der Waals surface area contributed by atoms with Crippen molar-refractivity contribution in [3.63, 3.8) is 0 Å². The largest absolute Gasteiger partial charge is 0.508 e. The molecule has 2 N–H and O–H groups in total. The molecule has 4 aliphatic rings. The van der Waals surface area contributed by atoms with Gasteiger partial charge in [0.1, 0.15) is 5.75 Å². The number of amides is 2. The van der Waals surface area contributed by atoms with Crippen molar-refractivity contribution in [1.29, 1.82) is 0 Å². The number of halogens is 3. The lowest BCUT2D eigenvalue weighted by Gasteiger charge is -2.43. The number of aromatic amines is 1. The van der Waals surface area contributed by atoms with Crippen molar-refractivity contribution < 1.29 is 27.9 Å². The fraction of sp³-hybridized carbons (Fsp3) is 0.346. The molecular formula is C26H19F3N2O3S3. The predicted molar refractivity (Wildman–Crippen MR) is 135 cm³/mol. The molecule has 5 nitrogen and oxygen atoms in total. The average Bonchev–Trinajstić information content (AvgIpc) is 3.58. The Kier molecular flexibility index (Phi) is 5.04. The highest BCUT2D eigenvalue weighted by molar-refractivity contribution is 8.00. The summed E-state index contributed by atoms with van der Waals surface area (Å²) in [5.41, 5.74) is 0.102. The molecule has 7 rings (SSSR count). The maximum absolute atomic E-state index is 13.7. The molecule has 2 aromatic carbocycles. The number of nitrogens with zero attached hydrogens (tertiary/aromatic N) is 1. The summed E-state index contributed by atoms with van der Waals surface area (Å²) in [4.78, 5) is 32.7. The number of phenols is 1. The highest BCUT2D eigenvalue weighted by Gasteiger charge is 2.69. The van der Waals surface area contributed by atoms with Crippen LogP contribution < -0.4 is 4.90 Å². The Labute approximate surface area is 222 Å². The number of imide groups is 1. The van der Waals surface area contributed by atoms with Crippen molar-refractivity contribution in [2.75, 3.05) is 4.90 Å². The van der Waals surface area contributed by atoms with E-state index in [0.29, 0.717) is 3.95 Å². The molecule has 11 heteroatoms. The number of aromatic hydroxyl groups is 1. The second-order valence-corrected chi connectivity index (χ2v) is 13.0. The van der Waals surface area contributed by atoms with E-state index in [4.69, 9.17) is 12.2 Å². The van der Waals surface area contributed by atoms with Crippen LogP contribution >= 0.6 is 35.3 Å². The highest BCUT2D eigenvalue weighted by Crippen LogP contribution is 2.69. The van der Waals surface area contributed by atoms with E-state index >= 15 is 0 Å². The number of phenolic OH excluding ortho intramolecular Hbond substituents is 1. The summed E-state index contributed by atoms with van der Waals surface area (Å²) in [6.07, 6.45) is -3.84. The number of thioether (sulfide) groups is 1. The minimum absolute atomic E-state index is 0.0208. The van der Waals surface area contributed by atoms with Crippen molar-refractivity contribution in [2.24, 2.45) is 29.6 Å². The smallest absolute Gasteiger partial charge is 0.416 e. The van der Waals surface area contributed by atoms with Crippen LogP contribution in [0.5, 0.6) is 5.75 Å². The van der Waals surface area contributed by atoms with Crippen LogP contribution in [-0.2, 0) is 15.8 Å². The van der Waals surface area contributed by atoms with E-state index in [0.717, 1.165) is 38.9 Å². The SMILES string of the molecule is O=C1C2C3CC(C2C(=O)N1c1cccc(C(F)(F)F)c1)C1C(c2ccc(O)cc2)c2sc(=S)[nH]c2SC31. The maximum atomic E-state index is 13.7. The summed E-state index contributed by atoms with van der Waals surface area (Å²) in [7, 11) is 0. The molecule has 7 unspecified atom stereocenters. The lowest BCUT2D eigenvalue weighted by Crippen LogP contribution is -2.42. The third kappa shape index (κ3) is 3.33. The van der Waals surface area contributed by atoms with E-state index in [1.54, 1.807) is 23.9 Å². The van der Waals surface area contributed by atoms with Gasteiger partial charge in [-0.05, 0) is 72.3 Å². The summed E-state index contributed by atoms with van der Waals surface area (Å²) in [5.74, 6) is -1.86. The molecule has 7 atom stereocenters. The Morgan fingerprint density at radius 1 is 1.03 bits per heavy atom. The number of rotatable bonds is 2. The van der Waals surface area contributed by atoms with Crippen LogP contribution in [-0.4, -0.2) is 27.2 Å². The van der Waals surface area contributed by atoms with E-state index in [2.05, 4.69) is 4.98 Å². The first-order valence-electron chi connectivity index (χ1n) is 11.9. The number of carbonyl (C=O) groups is 2. The van der Waals surface area contributed by atoms with Crippen LogP contribution in [0.4, 0.5) is 18.9 Å². The molecule has 2 amide bonds. The zero-order valence-corrected chi connectivity index (χ0v) is 21.4.